The topological polar surface area (TPSA) is 21.3 Å². The van der Waals surface area contributed by atoms with Crippen LogP contribution in [0.25, 0.3) is 0 Å². The van der Waals surface area contributed by atoms with E-state index < -0.39 is 0 Å². The average molecular weight is 205 g/mol. The van der Waals surface area contributed by atoms with Crippen LogP contribution < -0.4 is 5.32 Å². The molecule has 0 bridgehead atoms. The maximum Gasteiger partial charge on any atom is 0.0818 e. The van der Waals surface area contributed by atoms with Gasteiger partial charge in [0.25, 0.3) is 0 Å². The number of methoxy groups -OCH3 is 1. The molecule has 0 spiro atoms. The standard InChI is InChI=1S/C13H19NO/c1-13(15-2)8-9-14-12(13)10-11-6-4-3-5-7-11/h3-7,12,14H,8-10H2,1-2H3/t12-,13-/m0/s1. The van der Waals surface area contributed by atoms with E-state index in [0.29, 0.717) is 6.04 Å². The predicted octanol–water partition coefficient (Wildman–Crippen LogP) is 2.00. The molecule has 0 aliphatic carbocycles. The molecule has 0 saturated carbocycles. The van der Waals surface area contributed by atoms with E-state index in [0.717, 1.165) is 19.4 Å². The summed E-state index contributed by atoms with van der Waals surface area (Å²) in [6, 6.07) is 11.0. The number of hydrogen-bond donors (Lipinski definition) is 1. The smallest absolute Gasteiger partial charge is 0.0818 e. The van der Waals surface area contributed by atoms with E-state index in [9.17, 15) is 0 Å². The number of benzene rings is 1. The zero-order chi connectivity index (χ0) is 10.7. The summed E-state index contributed by atoms with van der Waals surface area (Å²) in [7, 11) is 1.81. The Kier molecular flexibility index (Phi) is 3.08. The largest absolute Gasteiger partial charge is 0.377 e. The first-order chi connectivity index (χ1) is 7.24. The van der Waals surface area contributed by atoms with Crippen molar-refractivity contribution in [1.29, 1.82) is 0 Å². The molecule has 1 fully saturated rings. The molecule has 1 aromatic rings. The highest BCUT2D eigenvalue weighted by Gasteiger charge is 2.38. The van der Waals surface area contributed by atoms with E-state index in [-0.39, 0.29) is 5.60 Å². The Bertz CT molecular complexity index is 312. The number of rotatable bonds is 3. The summed E-state index contributed by atoms with van der Waals surface area (Å²) in [4.78, 5) is 0. The SMILES string of the molecule is CO[C@@]1(C)CCN[C@H]1Cc1ccccc1. The Morgan fingerprint density at radius 1 is 1.40 bits per heavy atom. The number of ether oxygens (including phenoxy) is 1. The van der Waals surface area contributed by atoms with Crippen LogP contribution in [-0.2, 0) is 11.2 Å². The van der Waals surface area contributed by atoms with Crippen LogP contribution in [0.3, 0.4) is 0 Å². The van der Waals surface area contributed by atoms with Crippen LogP contribution in [0, 0.1) is 0 Å². The fraction of sp³-hybridized carbons (Fsp3) is 0.538. The van der Waals surface area contributed by atoms with Gasteiger partial charge < -0.3 is 10.1 Å². The second-order valence-electron chi connectivity index (χ2n) is 4.46. The lowest BCUT2D eigenvalue weighted by atomic mass is 9.92. The third-order valence-electron chi connectivity index (χ3n) is 3.50. The summed E-state index contributed by atoms with van der Waals surface area (Å²) >= 11 is 0. The zero-order valence-electron chi connectivity index (χ0n) is 9.49. The highest BCUT2D eigenvalue weighted by molar-refractivity contribution is 5.17. The molecule has 1 aliphatic heterocycles. The summed E-state index contributed by atoms with van der Waals surface area (Å²) in [5.74, 6) is 0. The highest BCUT2D eigenvalue weighted by Crippen LogP contribution is 2.26. The fourth-order valence-electron chi connectivity index (χ4n) is 2.27. The second-order valence-corrected chi connectivity index (χ2v) is 4.46. The fourth-order valence-corrected chi connectivity index (χ4v) is 2.27. The first-order valence-electron chi connectivity index (χ1n) is 5.57. The van der Waals surface area contributed by atoms with Gasteiger partial charge in [0.2, 0.25) is 0 Å². The molecule has 2 rings (SSSR count). The van der Waals surface area contributed by atoms with E-state index >= 15 is 0 Å². The van der Waals surface area contributed by atoms with Crippen LogP contribution in [0.15, 0.2) is 30.3 Å². The van der Waals surface area contributed by atoms with Crippen molar-refractivity contribution in [3.63, 3.8) is 0 Å². The zero-order valence-corrected chi connectivity index (χ0v) is 9.49. The monoisotopic (exact) mass is 205 g/mol. The molecular weight excluding hydrogens is 186 g/mol. The van der Waals surface area contributed by atoms with Gasteiger partial charge in [-0.2, -0.15) is 0 Å². The van der Waals surface area contributed by atoms with Gasteiger partial charge in [0.15, 0.2) is 0 Å². The van der Waals surface area contributed by atoms with Crippen LogP contribution in [0.1, 0.15) is 18.9 Å². The van der Waals surface area contributed by atoms with Crippen molar-refractivity contribution in [2.24, 2.45) is 0 Å². The van der Waals surface area contributed by atoms with Crippen LogP contribution in [0.2, 0.25) is 0 Å². The van der Waals surface area contributed by atoms with E-state index in [1.165, 1.54) is 5.56 Å². The lowest BCUT2D eigenvalue weighted by molar-refractivity contribution is -0.00364. The molecule has 1 N–H and O–H groups in total. The van der Waals surface area contributed by atoms with E-state index in [4.69, 9.17) is 4.74 Å². The van der Waals surface area contributed by atoms with Gasteiger partial charge in [0, 0.05) is 13.2 Å². The third kappa shape index (κ3) is 2.21. The molecule has 2 nitrogen and oxygen atoms in total. The molecule has 1 aromatic carbocycles. The van der Waals surface area contributed by atoms with Crippen molar-refractivity contribution in [3.05, 3.63) is 35.9 Å². The summed E-state index contributed by atoms with van der Waals surface area (Å²) in [5.41, 5.74) is 1.37. The Hall–Kier alpha value is -0.860. The molecule has 2 heteroatoms. The van der Waals surface area contributed by atoms with Crippen molar-refractivity contribution in [2.45, 2.75) is 31.4 Å². The summed E-state index contributed by atoms with van der Waals surface area (Å²) < 4.78 is 5.62. The molecule has 2 atom stereocenters. The maximum atomic E-state index is 5.62. The average Bonchev–Trinajstić information content (AvgIpc) is 2.63. The summed E-state index contributed by atoms with van der Waals surface area (Å²) in [6.07, 6.45) is 2.15. The Balaban J connectivity index is 2.06. The summed E-state index contributed by atoms with van der Waals surface area (Å²) in [5, 5.41) is 3.52. The molecule has 0 aromatic heterocycles. The first kappa shape index (κ1) is 10.7. The van der Waals surface area contributed by atoms with Crippen LogP contribution in [0.4, 0.5) is 0 Å². The van der Waals surface area contributed by atoms with Gasteiger partial charge in [-0.15, -0.1) is 0 Å². The molecule has 0 unspecified atom stereocenters. The van der Waals surface area contributed by atoms with Crippen molar-refractivity contribution in [3.8, 4) is 0 Å². The third-order valence-corrected chi connectivity index (χ3v) is 3.50. The van der Waals surface area contributed by atoms with E-state index in [1.807, 2.05) is 7.11 Å². The van der Waals surface area contributed by atoms with Gasteiger partial charge in [-0.25, -0.2) is 0 Å². The Morgan fingerprint density at radius 3 is 2.80 bits per heavy atom. The molecule has 0 amide bonds. The van der Waals surface area contributed by atoms with Crippen LogP contribution in [-0.4, -0.2) is 25.3 Å². The van der Waals surface area contributed by atoms with Crippen molar-refractivity contribution >= 4 is 0 Å². The lowest BCUT2D eigenvalue weighted by Crippen LogP contribution is -2.43. The van der Waals surface area contributed by atoms with Crippen molar-refractivity contribution in [2.75, 3.05) is 13.7 Å². The van der Waals surface area contributed by atoms with Gasteiger partial charge in [0.05, 0.1) is 5.60 Å². The number of hydrogen-bond acceptors (Lipinski definition) is 2. The van der Waals surface area contributed by atoms with Crippen LogP contribution in [0.5, 0.6) is 0 Å². The highest BCUT2D eigenvalue weighted by atomic mass is 16.5. The van der Waals surface area contributed by atoms with Crippen LogP contribution >= 0.6 is 0 Å². The Labute approximate surface area is 91.6 Å². The van der Waals surface area contributed by atoms with Gasteiger partial charge >= 0.3 is 0 Å². The molecule has 1 aliphatic rings. The Morgan fingerprint density at radius 2 is 2.13 bits per heavy atom. The second kappa shape index (κ2) is 4.33. The minimum atomic E-state index is -0.00413. The minimum absolute atomic E-state index is 0.00413. The van der Waals surface area contributed by atoms with Crippen molar-refractivity contribution in [1.82, 2.24) is 5.32 Å². The van der Waals surface area contributed by atoms with Crippen molar-refractivity contribution < 1.29 is 4.74 Å². The van der Waals surface area contributed by atoms with E-state index in [2.05, 4.69) is 42.6 Å². The maximum absolute atomic E-state index is 5.62. The molecule has 1 heterocycles. The first-order valence-corrected chi connectivity index (χ1v) is 5.57. The number of nitrogens with one attached hydrogen (secondary N) is 1. The molecule has 15 heavy (non-hydrogen) atoms. The van der Waals surface area contributed by atoms with E-state index in [1.54, 1.807) is 0 Å². The molecule has 0 radical (unpaired) electrons. The lowest BCUT2D eigenvalue weighted by Gasteiger charge is -2.29. The normalized spacial score (nSPS) is 30.7. The van der Waals surface area contributed by atoms with Gasteiger partial charge in [-0.3, -0.25) is 0 Å². The predicted molar refractivity (Wildman–Crippen MR) is 62.0 cm³/mol. The quantitative estimate of drug-likeness (QED) is 0.815. The van der Waals surface area contributed by atoms with Gasteiger partial charge in [-0.05, 0) is 31.9 Å². The molecule has 82 valence electrons. The molecule has 1 saturated heterocycles. The van der Waals surface area contributed by atoms with Gasteiger partial charge in [-0.1, -0.05) is 30.3 Å². The molecular formula is C13H19NO. The summed E-state index contributed by atoms with van der Waals surface area (Å²) in [6.45, 7) is 3.25. The minimum Gasteiger partial charge on any atom is -0.377 e. The van der Waals surface area contributed by atoms with Gasteiger partial charge in [0.1, 0.15) is 0 Å².